The molecule has 0 aromatic carbocycles. The summed E-state index contributed by atoms with van der Waals surface area (Å²) < 4.78 is 6.45. The molecular formula is C18H34O2Si. The molecular weight excluding hydrogens is 276 g/mol. The predicted molar refractivity (Wildman–Crippen MR) is 95.2 cm³/mol. The third-order valence-electron chi connectivity index (χ3n) is 4.14. The number of rotatable bonds is 10. The zero-order chi connectivity index (χ0) is 16.5. The van der Waals surface area contributed by atoms with Crippen molar-refractivity contribution in [3.8, 4) is 0 Å². The molecule has 0 aliphatic rings. The van der Waals surface area contributed by atoms with Gasteiger partial charge in [0.2, 0.25) is 0 Å². The van der Waals surface area contributed by atoms with Crippen LogP contribution in [-0.4, -0.2) is 20.2 Å². The maximum atomic E-state index is 12.5. The van der Waals surface area contributed by atoms with Crippen molar-refractivity contribution in [2.75, 3.05) is 0 Å². The molecule has 0 amide bonds. The minimum atomic E-state index is -1.74. The highest BCUT2D eigenvalue weighted by atomic mass is 28.4. The molecule has 21 heavy (non-hydrogen) atoms. The average molecular weight is 311 g/mol. The minimum absolute atomic E-state index is 0.223. The first kappa shape index (κ1) is 20.3. The van der Waals surface area contributed by atoms with E-state index in [2.05, 4.69) is 40.7 Å². The lowest BCUT2D eigenvalue weighted by molar-refractivity contribution is -0.125. The van der Waals surface area contributed by atoms with Crippen LogP contribution in [0.25, 0.3) is 0 Å². The van der Waals surface area contributed by atoms with E-state index < -0.39 is 8.32 Å². The molecule has 0 aliphatic carbocycles. The fourth-order valence-corrected chi connectivity index (χ4v) is 5.16. The van der Waals surface area contributed by atoms with Crippen molar-refractivity contribution in [1.82, 2.24) is 0 Å². The normalized spacial score (nSPS) is 12.7. The zero-order valence-electron chi connectivity index (χ0n) is 15.1. The zero-order valence-corrected chi connectivity index (χ0v) is 16.1. The van der Waals surface area contributed by atoms with Crippen molar-refractivity contribution in [3.05, 3.63) is 23.3 Å². The van der Waals surface area contributed by atoms with Gasteiger partial charge in [-0.15, -0.1) is 0 Å². The summed E-state index contributed by atoms with van der Waals surface area (Å²) in [6.07, 6.45) is 5.08. The van der Waals surface area contributed by atoms with Gasteiger partial charge in [0.05, 0.1) is 0 Å². The Bertz CT molecular complexity index is 362. The van der Waals surface area contributed by atoms with Crippen molar-refractivity contribution in [2.45, 2.75) is 85.5 Å². The number of hydrogen-bond donors (Lipinski definition) is 0. The van der Waals surface area contributed by atoms with Crippen LogP contribution >= 0.6 is 0 Å². The Morgan fingerprint density at radius 3 is 1.81 bits per heavy atom. The number of carbonyl (C=O) groups is 1. The lowest BCUT2D eigenvalue weighted by Crippen LogP contribution is -2.42. The van der Waals surface area contributed by atoms with Crippen LogP contribution in [0.3, 0.4) is 0 Å². The second-order valence-corrected chi connectivity index (χ2v) is 11.0. The Hall–Kier alpha value is -0.673. The van der Waals surface area contributed by atoms with Crippen molar-refractivity contribution in [2.24, 2.45) is 0 Å². The number of allylic oxidation sites excluding steroid dienone is 3. The van der Waals surface area contributed by atoms with Crippen LogP contribution in [0.2, 0.25) is 18.1 Å². The summed E-state index contributed by atoms with van der Waals surface area (Å²) in [6, 6.07) is 3.25. The minimum Gasteiger partial charge on any atom is -0.407 e. The molecule has 0 aromatic rings. The van der Waals surface area contributed by atoms with E-state index in [1.54, 1.807) is 0 Å². The highest BCUT2D eigenvalue weighted by Crippen LogP contribution is 2.25. The second kappa shape index (κ2) is 10.1. The Morgan fingerprint density at radius 2 is 1.43 bits per heavy atom. The van der Waals surface area contributed by atoms with Crippen LogP contribution in [0.5, 0.6) is 0 Å². The maximum Gasteiger partial charge on any atom is 0.193 e. The quantitative estimate of drug-likeness (QED) is 0.384. The van der Waals surface area contributed by atoms with Gasteiger partial charge in [-0.3, -0.25) is 4.79 Å². The molecule has 0 N–H and O–H groups in total. The summed E-state index contributed by atoms with van der Waals surface area (Å²) in [6.45, 7) is 14.8. The van der Waals surface area contributed by atoms with E-state index in [1.165, 1.54) is 11.1 Å². The first-order chi connectivity index (χ1) is 9.80. The number of Topliss-reactive ketones (excluding diaryl/α,β-unsaturated/α-hetero) is 1. The molecule has 0 bridgehead atoms. The summed E-state index contributed by atoms with van der Waals surface area (Å²) in [7, 11) is -1.74. The van der Waals surface area contributed by atoms with Gasteiger partial charge in [-0.05, 0) is 52.2 Å². The van der Waals surface area contributed by atoms with Crippen LogP contribution in [-0.2, 0) is 9.22 Å². The lowest BCUT2D eigenvalue weighted by atomic mass is 10.1. The van der Waals surface area contributed by atoms with Crippen LogP contribution in [0.15, 0.2) is 23.3 Å². The average Bonchev–Trinajstić information content (AvgIpc) is 2.45. The number of hydrogen-bond acceptors (Lipinski definition) is 2. The van der Waals surface area contributed by atoms with Gasteiger partial charge >= 0.3 is 0 Å². The van der Waals surface area contributed by atoms with E-state index in [0.717, 1.165) is 18.1 Å². The van der Waals surface area contributed by atoms with Crippen LogP contribution in [0.4, 0.5) is 0 Å². The second-order valence-electron chi connectivity index (χ2n) is 6.32. The van der Waals surface area contributed by atoms with Gasteiger partial charge in [-0.1, -0.05) is 44.1 Å². The highest BCUT2D eigenvalue weighted by Gasteiger charge is 2.33. The number of ketones is 1. The summed E-state index contributed by atoms with van der Waals surface area (Å²) >= 11 is 0. The van der Waals surface area contributed by atoms with E-state index >= 15 is 0 Å². The molecule has 0 saturated heterocycles. The molecule has 0 aliphatic heterocycles. The van der Waals surface area contributed by atoms with Gasteiger partial charge < -0.3 is 4.43 Å². The summed E-state index contributed by atoms with van der Waals surface area (Å²) in [4.78, 5) is 12.5. The van der Waals surface area contributed by atoms with Crippen LogP contribution in [0, 0.1) is 0 Å². The van der Waals surface area contributed by atoms with Crippen molar-refractivity contribution >= 4 is 14.1 Å². The van der Waals surface area contributed by atoms with Gasteiger partial charge in [-0.25, -0.2) is 0 Å². The molecule has 3 heteroatoms. The Morgan fingerprint density at radius 1 is 0.952 bits per heavy atom. The smallest absolute Gasteiger partial charge is 0.193 e. The van der Waals surface area contributed by atoms with Crippen molar-refractivity contribution in [1.29, 1.82) is 0 Å². The highest BCUT2D eigenvalue weighted by molar-refractivity contribution is 6.73. The van der Waals surface area contributed by atoms with Crippen molar-refractivity contribution in [3.63, 3.8) is 0 Å². The SMILES string of the molecule is CC[Si](CC)(CC)O[C@@H](CC=C(C)C)C(=O)CC=C(C)C. The molecule has 0 heterocycles. The fourth-order valence-electron chi connectivity index (χ4n) is 2.33. The molecule has 0 fully saturated rings. The molecule has 1 atom stereocenters. The Balaban J connectivity index is 5.08. The molecule has 0 aromatic heterocycles. The van der Waals surface area contributed by atoms with Crippen molar-refractivity contribution < 1.29 is 9.22 Å². The maximum absolute atomic E-state index is 12.5. The topological polar surface area (TPSA) is 26.3 Å². The largest absolute Gasteiger partial charge is 0.407 e. The van der Waals surface area contributed by atoms with Gasteiger partial charge in [0, 0.05) is 6.42 Å². The summed E-state index contributed by atoms with van der Waals surface area (Å²) in [5.41, 5.74) is 2.43. The number of carbonyl (C=O) groups excluding carboxylic acids is 1. The van der Waals surface area contributed by atoms with E-state index in [-0.39, 0.29) is 11.9 Å². The third-order valence-corrected chi connectivity index (χ3v) is 8.79. The fraction of sp³-hybridized carbons (Fsp3) is 0.722. The van der Waals surface area contributed by atoms with E-state index in [4.69, 9.17) is 4.43 Å². The van der Waals surface area contributed by atoms with Crippen LogP contribution in [0.1, 0.15) is 61.3 Å². The monoisotopic (exact) mass is 310 g/mol. The molecule has 0 unspecified atom stereocenters. The molecule has 0 radical (unpaired) electrons. The molecule has 0 rings (SSSR count). The molecule has 0 saturated carbocycles. The van der Waals surface area contributed by atoms with Gasteiger partial charge in [0.25, 0.3) is 0 Å². The van der Waals surface area contributed by atoms with Gasteiger partial charge in [0.1, 0.15) is 6.10 Å². The Kier molecular flexibility index (Phi) is 9.80. The van der Waals surface area contributed by atoms with E-state index in [1.807, 2.05) is 19.9 Å². The third kappa shape index (κ3) is 7.77. The molecule has 122 valence electrons. The van der Waals surface area contributed by atoms with Gasteiger partial charge in [-0.2, -0.15) is 0 Å². The van der Waals surface area contributed by atoms with Gasteiger partial charge in [0.15, 0.2) is 14.1 Å². The van der Waals surface area contributed by atoms with Crippen LogP contribution < -0.4 is 0 Å². The standard InChI is InChI=1S/C18H34O2Si/c1-8-21(9-2,10-3)20-18(14-12-16(6)7)17(19)13-11-15(4)5/h11-12,18H,8-10,13-14H2,1-7H3/t18-/m0/s1. The predicted octanol–water partition coefficient (Wildman–Crippen LogP) is 5.66. The first-order valence-electron chi connectivity index (χ1n) is 8.27. The molecule has 0 spiro atoms. The Labute approximate surface area is 132 Å². The van der Waals surface area contributed by atoms with E-state index in [0.29, 0.717) is 12.8 Å². The first-order valence-corrected chi connectivity index (χ1v) is 10.8. The summed E-state index contributed by atoms with van der Waals surface area (Å²) in [5, 5.41) is 0. The molecule has 2 nitrogen and oxygen atoms in total. The van der Waals surface area contributed by atoms with E-state index in [9.17, 15) is 4.79 Å². The lowest BCUT2D eigenvalue weighted by Gasteiger charge is -2.32. The summed E-state index contributed by atoms with van der Waals surface area (Å²) in [5.74, 6) is 0.223.